The fourth-order valence-corrected chi connectivity index (χ4v) is 2.03. The number of aromatic nitrogens is 1. The van der Waals surface area contributed by atoms with Gasteiger partial charge in [-0.1, -0.05) is 0 Å². The van der Waals surface area contributed by atoms with Crippen LogP contribution in [0.25, 0.3) is 0 Å². The monoisotopic (exact) mass is 339 g/mol. The van der Waals surface area contributed by atoms with E-state index in [4.69, 9.17) is 4.74 Å². The topological polar surface area (TPSA) is 104 Å². The van der Waals surface area contributed by atoms with Gasteiger partial charge in [-0.05, 0) is 52.6 Å². The largest absolute Gasteiger partial charge is 0.486 e. The third kappa shape index (κ3) is 7.87. The lowest BCUT2D eigenvalue weighted by Crippen LogP contribution is -2.30. The first-order valence-corrected chi connectivity index (χ1v) is 7.87. The van der Waals surface area contributed by atoms with Gasteiger partial charge in [0.25, 0.3) is 6.47 Å². The minimum Gasteiger partial charge on any atom is -0.486 e. The first-order chi connectivity index (χ1) is 11.3. The summed E-state index contributed by atoms with van der Waals surface area (Å²) in [6, 6.07) is 1.54. The summed E-state index contributed by atoms with van der Waals surface area (Å²) in [5, 5.41) is 14.0. The van der Waals surface area contributed by atoms with Crippen molar-refractivity contribution in [2.75, 3.05) is 19.7 Å². The van der Waals surface area contributed by atoms with Crippen LogP contribution >= 0.6 is 0 Å². The summed E-state index contributed by atoms with van der Waals surface area (Å²) in [7, 11) is 0. The number of rotatable bonds is 5. The smallest absolute Gasteiger partial charge is 0.329 e. The highest BCUT2D eigenvalue weighted by atomic mass is 16.6. The maximum Gasteiger partial charge on any atom is 0.329 e. The molecule has 0 aliphatic carbocycles. The van der Waals surface area contributed by atoms with Gasteiger partial charge in [0.15, 0.2) is 5.75 Å². The number of hydrogen-bond acceptors (Lipinski definition) is 7. The standard InChI is InChI=1S/C11H15N3O3.C5H10O2/c15-14(16)10-7-13-6-3-11(10)17-8-9-1-4-12-5-2-9;1-5(2,3)7-4-6/h3,6-7,9,12H,1-2,4-5,8H2;4H,1-3H3. The van der Waals surface area contributed by atoms with E-state index in [0.717, 1.165) is 25.9 Å². The molecule has 1 aliphatic heterocycles. The molecule has 1 fully saturated rings. The van der Waals surface area contributed by atoms with Gasteiger partial charge in [-0.15, -0.1) is 0 Å². The number of nitrogens with zero attached hydrogens (tertiary/aromatic N) is 2. The highest BCUT2D eigenvalue weighted by molar-refractivity contribution is 5.42. The van der Waals surface area contributed by atoms with Crippen LogP contribution in [0.1, 0.15) is 33.6 Å². The Hall–Kier alpha value is -2.22. The van der Waals surface area contributed by atoms with Crippen molar-refractivity contribution in [3.05, 3.63) is 28.6 Å². The Labute approximate surface area is 141 Å². The zero-order chi connectivity index (χ0) is 18.0. The number of carbonyl (C=O) groups excluding carboxylic acids is 1. The van der Waals surface area contributed by atoms with E-state index < -0.39 is 4.92 Å². The highest BCUT2D eigenvalue weighted by Gasteiger charge is 2.18. The first kappa shape index (κ1) is 19.8. The van der Waals surface area contributed by atoms with E-state index in [2.05, 4.69) is 15.0 Å². The molecule has 1 N–H and O–H groups in total. The van der Waals surface area contributed by atoms with Crippen LogP contribution in [-0.2, 0) is 9.53 Å². The Balaban J connectivity index is 0.000000351. The van der Waals surface area contributed by atoms with E-state index in [1.807, 2.05) is 20.8 Å². The summed E-state index contributed by atoms with van der Waals surface area (Å²) < 4.78 is 10.1. The van der Waals surface area contributed by atoms with E-state index >= 15 is 0 Å². The van der Waals surface area contributed by atoms with E-state index in [9.17, 15) is 14.9 Å². The second kappa shape index (κ2) is 9.82. The Morgan fingerprint density at radius 1 is 1.42 bits per heavy atom. The molecule has 2 heterocycles. The molecule has 0 amide bonds. The van der Waals surface area contributed by atoms with Crippen molar-refractivity contribution in [3.63, 3.8) is 0 Å². The van der Waals surface area contributed by atoms with Crippen molar-refractivity contribution in [1.29, 1.82) is 0 Å². The average molecular weight is 339 g/mol. The first-order valence-electron chi connectivity index (χ1n) is 7.87. The fourth-order valence-electron chi connectivity index (χ4n) is 2.03. The van der Waals surface area contributed by atoms with Gasteiger partial charge in [-0.25, -0.2) is 0 Å². The second-order valence-electron chi connectivity index (χ2n) is 6.43. The molecule has 0 atom stereocenters. The van der Waals surface area contributed by atoms with Gasteiger partial charge >= 0.3 is 5.69 Å². The molecule has 0 aromatic carbocycles. The van der Waals surface area contributed by atoms with Crippen LogP contribution in [-0.4, -0.2) is 41.7 Å². The van der Waals surface area contributed by atoms with Gasteiger partial charge in [0.1, 0.15) is 11.8 Å². The molecule has 134 valence electrons. The lowest BCUT2D eigenvalue weighted by Gasteiger charge is -2.22. The molecule has 8 heteroatoms. The van der Waals surface area contributed by atoms with E-state index in [1.165, 1.54) is 12.4 Å². The predicted molar refractivity (Wildman–Crippen MR) is 88.9 cm³/mol. The molecule has 1 aromatic heterocycles. The highest BCUT2D eigenvalue weighted by Crippen LogP contribution is 2.25. The maximum atomic E-state index is 10.7. The SMILES string of the molecule is CC(C)(C)OC=O.O=[N+]([O-])c1cnccc1OCC1CCNCC1. The van der Waals surface area contributed by atoms with Crippen molar-refractivity contribution in [3.8, 4) is 5.75 Å². The van der Waals surface area contributed by atoms with Crippen molar-refractivity contribution in [1.82, 2.24) is 10.3 Å². The number of hydrogen-bond donors (Lipinski definition) is 1. The van der Waals surface area contributed by atoms with Crippen molar-refractivity contribution in [2.45, 2.75) is 39.2 Å². The molecule has 8 nitrogen and oxygen atoms in total. The lowest BCUT2D eigenvalue weighted by molar-refractivity contribution is -0.386. The van der Waals surface area contributed by atoms with E-state index in [-0.39, 0.29) is 11.3 Å². The van der Waals surface area contributed by atoms with E-state index in [0.29, 0.717) is 24.7 Å². The normalized spacial score (nSPS) is 15.0. The number of ether oxygens (including phenoxy) is 2. The third-order valence-corrected chi connectivity index (χ3v) is 3.29. The summed E-state index contributed by atoms with van der Waals surface area (Å²) in [5.74, 6) is 0.785. The number of nitrogens with one attached hydrogen (secondary N) is 1. The van der Waals surface area contributed by atoms with Crippen LogP contribution in [0.5, 0.6) is 5.75 Å². The van der Waals surface area contributed by atoms with Crippen molar-refractivity contribution < 1.29 is 19.2 Å². The molecule has 0 radical (unpaired) electrons. The fraction of sp³-hybridized carbons (Fsp3) is 0.625. The number of pyridine rings is 1. The maximum absolute atomic E-state index is 10.7. The predicted octanol–water partition coefficient (Wildman–Crippen LogP) is 2.33. The van der Waals surface area contributed by atoms with Gasteiger partial charge < -0.3 is 14.8 Å². The zero-order valence-electron chi connectivity index (χ0n) is 14.4. The number of piperidine rings is 1. The number of nitro groups is 1. The molecule has 1 aliphatic rings. The molecule has 2 rings (SSSR count). The molecule has 0 bridgehead atoms. The van der Waals surface area contributed by atoms with Crippen LogP contribution in [0.4, 0.5) is 5.69 Å². The van der Waals surface area contributed by atoms with Crippen molar-refractivity contribution in [2.24, 2.45) is 5.92 Å². The molecule has 0 unspecified atom stereocenters. The van der Waals surface area contributed by atoms with Gasteiger partial charge in [-0.3, -0.25) is 19.9 Å². The molecular weight excluding hydrogens is 314 g/mol. The summed E-state index contributed by atoms with van der Waals surface area (Å²) >= 11 is 0. The number of carbonyl (C=O) groups is 1. The van der Waals surface area contributed by atoms with Gasteiger partial charge in [0.2, 0.25) is 0 Å². The second-order valence-corrected chi connectivity index (χ2v) is 6.43. The van der Waals surface area contributed by atoms with Crippen LogP contribution in [0.2, 0.25) is 0 Å². The Bertz CT molecular complexity index is 525. The van der Waals surface area contributed by atoms with Crippen molar-refractivity contribution >= 4 is 12.2 Å². The zero-order valence-corrected chi connectivity index (χ0v) is 14.4. The summed E-state index contributed by atoms with van der Waals surface area (Å²) in [4.78, 5) is 23.6. The van der Waals surface area contributed by atoms with E-state index in [1.54, 1.807) is 6.07 Å². The van der Waals surface area contributed by atoms with Gasteiger partial charge in [0, 0.05) is 12.3 Å². The van der Waals surface area contributed by atoms with Crippen LogP contribution in [0.15, 0.2) is 18.5 Å². The lowest BCUT2D eigenvalue weighted by atomic mass is 9.99. The average Bonchev–Trinajstić information content (AvgIpc) is 2.53. The quantitative estimate of drug-likeness (QED) is 0.499. The Morgan fingerprint density at radius 2 is 2.08 bits per heavy atom. The molecular formula is C16H25N3O5. The Kier molecular flexibility index (Phi) is 8.11. The van der Waals surface area contributed by atoms with Crippen LogP contribution in [0.3, 0.4) is 0 Å². The minimum absolute atomic E-state index is 0.0681. The Morgan fingerprint density at radius 3 is 2.58 bits per heavy atom. The molecule has 24 heavy (non-hydrogen) atoms. The molecule has 0 saturated carbocycles. The van der Waals surface area contributed by atoms with Gasteiger partial charge in [-0.2, -0.15) is 0 Å². The minimum atomic E-state index is -0.468. The molecule has 0 spiro atoms. The third-order valence-electron chi connectivity index (χ3n) is 3.29. The summed E-state index contributed by atoms with van der Waals surface area (Å²) in [6.45, 7) is 8.44. The van der Waals surface area contributed by atoms with Crippen LogP contribution < -0.4 is 10.1 Å². The summed E-state index contributed by atoms with van der Waals surface area (Å²) in [6.07, 6.45) is 4.83. The van der Waals surface area contributed by atoms with Gasteiger partial charge in [0.05, 0.1) is 11.5 Å². The molecule has 1 aromatic rings. The van der Waals surface area contributed by atoms with Crippen LogP contribution in [0, 0.1) is 16.0 Å². The molecule has 1 saturated heterocycles. The summed E-state index contributed by atoms with van der Waals surface area (Å²) in [5.41, 5.74) is -0.386.